The molecular formula is C10H24N2O2S. The number of likely N-dealkylation sites (N-methyl/N-ethyl adjacent to an activating group) is 1. The molecule has 0 aromatic heterocycles. The second-order valence-corrected chi connectivity index (χ2v) is 6.40. The third-order valence-electron chi connectivity index (χ3n) is 2.60. The lowest BCUT2D eigenvalue weighted by atomic mass is 10.1. The molecule has 0 spiro atoms. The summed E-state index contributed by atoms with van der Waals surface area (Å²) >= 11 is 0. The van der Waals surface area contributed by atoms with Crippen molar-refractivity contribution in [2.75, 3.05) is 32.1 Å². The lowest BCUT2D eigenvalue weighted by Crippen LogP contribution is -2.40. The molecule has 0 aliphatic heterocycles. The van der Waals surface area contributed by atoms with Crippen molar-refractivity contribution in [3.63, 3.8) is 0 Å². The monoisotopic (exact) mass is 236 g/mol. The van der Waals surface area contributed by atoms with Crippen LogP contribution >= 0.6 is 0 Å². The van der Waals surface area contributed by atoms with Gasteiger partial charge in [-0.3, -0.25) is 0 Å². The fourth-order valence-electron chi connectivity index (χ4n) is 1.45. The fraction of sp³-hybridized carbons (Fsp3) is 1.00. The molecule has 2 N–H and O–H groups in total. The molecule has 0 radical (unpaired) electrons. The molecule has 0 aromatic carbocycles. The summed E-state index contributed by atoms with van der Waals surface area (Å²) in [4.78, 5) is 2.05. The van der Waals surface area contributed by atoms with Crippen LogP contribution in [0, 0.1) is 0 Å². The molecule has 0 rings (SSSR count). The van der Waals surface area contributed by atoms with Gasteiger partial charge in [-0.05, 0) is 13.5 Å². The lowest BCUT2D eigenvalue weighted by Gasteiger charge is -2.26. The smallest absolute Gasteiger partial charge is 0.148 e. The third kappa shape index (κ3) is 7.76. The first kappa shape index (κ1) is 14.9. The minimum atomic E-state index is -2.86. The van der Waals surface area contributed by atoms with Crippen LogP contribution in [0.3, 0.4) is 0 Å². The molecule has 5 heteroatoms. The van der Waals surface area contributed by atoms with Crippen LogP contribution in [0.5, 0.6) is 0 Å². The van der Waals surface area contributed by atoms with Crippen LogP contribution in [0.2, 0.25) is 0 Å². The van der Waals surface area contributed by atoms with Crippen LogP contribution in [-0.4, -0.2) is 51.5 Å². The van der Waals surface area contributed by atoms with E-state index in [4.69, 9.17) is 5.73 Å². The molecule has 0 saturated heterocycles. The average Bonchev–Trinajstić information content (AvgIpc) is 2.15. The van der Waals surface area contributed by atoms with Gasteiger partial charge in [-0.15, -0.1) is 0 Å². The van der Waals surface area contributed by atoms with E-state index in [1.807, 2.05) is 7.05 Å². The van der Waals surface area contributed by atoms with Gasteiger partial charge in [0.05, 0.1) is 5.75 Å². The number of nitrogens with two attached hydrogens (primary N) is 1. The molecule has 0 aliphatic rings. The van der Waals surface area contributed by atoms with Crippen LogP contribution in [0.25, 0.3) is 0 Å². The number of unbranched alkanes of at least 4 members (excludes halogenated alkanes) is 1. The van der Waals surface area contributed by atoms with E-state index in [0.29, 0.717) is 19.1 Å². The SMILES string of the molecule is CCCCC(CN)N(C)CCS(C)(=O)=O. The fourth-order valence-corrected chi connectivity index (χ4v) is 2.07. The van der Waals surface area contributed by atoms with E-state index in [0.717, 1.165) is 19.3 Å². The van der Waals surface area contributed by atoms with Gasteiger partial charge >= 0.3 is 0 Å². The summed E-state index contributed by atoms with van der Waals surface area (Å²) in [5.41, 5.74) is 5.66. The third-order valence-corrected chi connectivity index (χ3v) is 3.53. The van der Waals surface area contributed by atoms with Crippen molar-refractivity contribution >= 4 is 9.84 Å². The molecule has 0 aromatic rings. The highest BCUT2D eigenvalue weighted by Crippen LogP contribution is 2.06. The first-order chi connectivity index (χ1) is 6.90. The standard InChI is InChI=1S/C10H24N2O2S/c1-4-5-6-10(9-11)12(2)7-8-15(3,13)14/h10H,4-9,11H2,1-3H3. The van der Waals surface area contributed by atoms with Crippen molar-refractivity contribution in [3.05, 3.63) is 0 Å². The van der Waals surface area contributed by atoms with Gasteiger partial charge in [-0.1, -0.05) is 19.8 Å². The van der Waals surface area contributed by atoms with Gasteiger partial charge in [-0.25, -0.2) is 8.42 Å². The maximum absolute atomic E-state index is 11.0. The molecule has 0 heterocycles. The number of nitrogens with zero attached hydrogens (tertiary/aromatic N) is 1. The van der Waals surface area contributed by atoms with Gasteiger partial charge in [0.1, 0.15) is 9.84 Å². The molecule has 0 aliphatic carbocycles. The Hall–Kier alpha value is -0.130. The van der Waals surface area contributed by atoms with Crippen LogP contribution in [0.15, 0.2) is 0 Å². The van der Waals surface area contributed by atoms with Gasteiger partial charge in [0.2, 0.25) is 0 Å². The number of hydrogen-bond donors (Lipinski definition) is 1. The highest BCUT2D eigenvalue weighted by molar-refractivity contribution is 7.90. The van der Waals surface area contributed by atoms with Crippen molar-refractivity contribution < 1.29 is 8.42 Å². The maximum Gasteiger partial charge on any atom is 0.148 e. The van der Waals surface area contributed by atoms with Crippen molar-refractivity contribution in [1.82, 2.24) is 4.90 Å². The van der Waals surface area contributed by atoms with Crippen molar-refractivity contribution in [1.29, 1.82) is 0 Å². The van der Waals surface area contributed by atoms with Gasteiger partial charge in [-0.2, -0.15) is 0 Å². The van der Waals surface area contributed by atoms with E-state index in [9.17, 15) is 8.42 Å². The highest BCUT2D eigenvalue weighted by atomic mass is 32.2. The first-order valence-electron chi connectivity index (χ1n) is 5.48. The molecule has 0 fully saturated rings. The van der Waals surface area contributed by atoms with Crippen LogP contribution in [0.4, 0.5) is 0 Å². The van der Waals surface area contributed by atoms with E-state index >= 15 is 0 Å². The Bertz CT molecular complexity index is 252. The van der Waals surface area contributed by atoms with E-state index in [1.54, 1.807) is 0 Å². The quantitative estimate of drug-likeness (QED) is 0.666. The zero-order valence-corrected chi connectivity index (χ0v) is 10.9. The number of hydrogen-bond acceptors (Lipinski definition) is 4. The van der Waals surface area contributed by atoms with Crippen LogP contribution in [0.1, 0.15) is 26.2 Å². The Balaban J connectivity index is 3.98. The largest absolute Gasteiger partial charge is 0.329 e. The first-order valence-corrected chi connectivity index (χ1v) is 7.54. The normalized spacial score (nSPS) is 14.5. The number of sulfone groups is 1. The molecule has 0 amide bonds. The molecule has 1 unspecified atom stereocenters. The van der Waals surface area contributed by atoms with Gasteiger partial charge in [0, 0.05) is 25.4 Å². The van der Waals surface area contributed by atoms with E-state index in [2.05, 4.69) is 11.8 Å². The summed E-state index contributed by atoms with van der Waals surface area (Å²) < 4.78 is 22.0. The minimum Gasteiger partial charge on any atom is -0.329 e. The molecule has 4 nitrogen and oxygen atoms in total. The lowest BCUT2D eigenvalue weighted by molar-refractivity contribution is 0.244. The molecule has 15 heavy (non-hydrogen) atoms. The predicted molar refractivity (Wildman–Crippen MR) is 64.7 cm³/mol. The zero-order chi connectivity index (χ0) is 11.9. The second kappa shape index (κ2) is 7.19. The van der Waals surface area contributed by atoms with E-state index in [1.165, 1.54) is 6.26 Å². The Morgan fingerprint density at radius 3 is 2.40 bits per heavy atom. The number of rotatable bonds is 8. The molecule has 0 bridgehead atoms. The molecule has 1 atom stereocenters. The van der Waals surface area contributed by atoms with Crippen LogP contribution < -0.4 is 5.73 Å². The zero-order valence-electron chi connectivity index (χ0n) is 10.1. The Morgan fingerprint density at radius 2 is 2.00 bits per heavy atom. The second-order valence-electron chi connectivity index (χ2n) is 4.14. The predicted octanol–water partition coefficient (Wildman–Crippen LogP) is 0.480. The summed E-state index contributed by atoms with van der Waals surface area (Å²) in [5.74, 6) is 0.214. The van der Waals surface area contributed by atoms with Crippen molar-refractivity contribution in [2.24, 2.45) is 5.73 Å². The van der Waals surface area contributed by atoms with E-state index < -0.39 is 9.84 Å². The minimum absolute atomic E-state index is 0.214. The summed E-state index contributed by atoms with van der Waals surface area (Å²) in [7, 11) is -0.921. The average molecular weight is 236 g/mol. The Labute approximate surface area is 93.7 Å². The van der Waals surface area contributed by atoms with Crippen molar-refractivity contribution in [3.8, 4) is 0 Å². The summed E-state index contributed by atoms with van der Waals surface area (Å²) in [6.45, 7) is 3.31. The Kier molecular flexibility index (Phi) is 7.13. The molecule has 0 saturated carbocycles. The molecule has 92 valence electrons. The molecular weight excluding hydrogens is 212 g/mol. The van der Waals surface area contributed by atoms with Crippen LogP contribution in [-0.2, 0) is 9.84 Å². The summed E-state index contributed by atoms with van der Waals surface area (Å²) in [6.07, 6.45) is 4.61. The van der Waals surface area contributed by atoms with Crippen molar-refractivity contribution in [2.45, 2.75) is 32.2 Å². The highest BCUT2D eigenvalue weighted by Gasteiger charge is 2.13. The topological polar surface area (TPSA) is 63.4 Å². The van der Waals surface area contributed by atoms with Gasteiger partial charge in [0.15, 0.2) is 0 Å². The summed E-state index contributed by atoms with van der Waals surface area (Å²) in [5, 5.41) is 0. The Morgan fingerprint density at radius 1 is 1.40 bits per heavy atom. The maximum atomic E-state index is 11.0. The van der Waals surface area contributed by atoms with E-state index in [-0.39, 0.29) is 5.75 Å². The van der Waals surface area contributed by atoms with Gasteiger partial charge in [0.25, 0.3) is 0 Å². The summed E-state index contributed by atoms with van der Waals surface area (Å²) in [6, 6.07) is 0.312. The van der Waals surface area contributed by atoms with Gasteiger partial charge < -0.3 is 10.6 Å².